The molecule has 0 saturated carbocycles. The summed E-state index contributed by atoms with van der Waals surface area (Å²) in [5.41, 5.74) is -1.60. The molecule has 522 valence electrons. The van der Waals surface area contributed by atoms with Crippen LogP contribution in [0.15, 0.2) is 12.2 Å². The minimum Gasteiger partial charge on any atom is -0.380 e. The molecule has 0 fully saturated rings. The van der Waals surface area contributed by atoms with Crippen molar-refractivity contribution in [1.29, 1.82) is 0 Å². The van der Waals surface area contributed by atoms with Crippen LogP contribution in [0.1, 0.15) is 277 Å². The van der Waals surface area contributed by atoms with Crippen LogP contribution in [0.25, 0.3) is 0 Å². The molecule has 1 rings (SSSR count). The number of hydrogen-bond donors (Lipinski definition) is 6. The standard InChI is InChI=1S/C72H133N7O11/c1-15-19-23-27-29-33-37-58(35-31-25-21-17-3)66(85)75-49-70(9,10)53-88-52-69(7,8)48-74-61(80)40-39-60(78-63(82)45-57(6)90-47-56(5)46-73-62(81)43-44-79-64(83)41-42-65(79)84)68(87)77-51-72(13,14)55-89-54-71(11,12)50-76-67(86)59(36-32-26-22-18-4)38-34-30-28-24-20-16-2/h41-42,56-60H,15-40,43-55H2,1-14H3,(H,73,81)(H,74,80)(H,75,85)(H,76,86)(H,77,87)(H,78,82)/t56?,57?,58?,59?,60-/m0/s1. The summed E-state index contributed by atoms with van der Waals surface area (Å²) in [4.78, 5) is 106. The minimum atomic E-state index is -1.03. The average molecular weight is 1270 g/mol. The van der Waals surface area contributed by atoms with Gasteiger partial charge in [0.05, 0.1) is 45.6 Å². The van der Waals surface area contributed by atoms with Crippen molar-refractivity contribution < 1.29 is 52.6 Å². The highest BCUT2D eigenvalue weighted by Gasteiger charge is 2.31. The maximum Gasteiger partial charge on any atom is 0.253 e. The van der Waals surface area contributed by atoms with E-state index >= 15 is 0 Å². The first-order valence-electron chi connectivity index (χ1n) is 35.5. The quantitative estimate of drug-likeness (QED) is 0.0247. The van der Waals surface area contributed by atoms with Crippen LogP contribution in [0.3, 0.4) is 0 Å². The highest BCUT2D eigenvalue weighted by molar-refractivity contribution is 6.13. The average Bonchev–Trinajstić information content (AvgIpc) is 3.79. The first-order valence-corrected chi connectivity index (χ1v) is 35.5. The van der Waals surface area contributed by atoms with E-state index in [2.05, 4.69) is 87.3 Å². The maximum atomic E-state index is 14.1. The van der Waals surface area contributed by atoms with E-state index in [1.165, 1.54) is 95.6 Å². The van der Waals surface area contributed by atoms with Crippen LogP contribution < -0.4 is 31.9 Å². The summed E-state index contributed by atoms with van der Waals surface area (Å²) in [6, 6.07) is -1.03. The molecule has 1 aliphatic heterocycles. The zero-order chi connectivity index (χ0) is 67.4. The van der Waals surface area contributed by atoms with Crippen LogP contribution in [-0.4, -0.2) is 137 Å². The number of carbonyl (C=O) groups is 8. The topological polar surface area (TPSA) is 240 Å². The molecule has 0 spiro atoms. The lowest BCUT2D eigenvalue weighted by molar-refractivity contribution is -0.137. The Bertz CT molecular complexity index is 2060. The molecule has 8 amide bonds. The zero-order valence-corrected chi connectivity index (χ0v) is 59.6. The number of imide groups is 1. The van der Waals surface area contributed by atoms with Gasteiger partial charge in [0.25, 0.3) is 11.8 Å². The molecule has 18 heteroatoms. The normalized spacial score (nSPS) is 14.7. The SMILES string of the molecule is CCCCCCCCC(CCCCCC)C(=O)NCC(C)(C)COCC(C)(C)CNC(=O)CC[C@H](NC(=O)CC(C)OCC(C)CNC(=O)CCN1C(=O)C=CC1=O)C(=O)NCC(C)(C)COCC(C)(C)CNC(=O)C(CCCCCC)CCCCCCCC. The van der Waals surface area contributed by atoms with Crippen molar-refractivity contribution >= 4 is 47.3 Å². The Kier molecular flexibility index (Phi) is 44.1. The molecule has 1 aliphatic rings. The first-order chi connectivity index (χ1) is 42.6. The second kappa shape index (κ2) is 47.5. The van der Waals surface area contributed by atoms with Crippen LogP contribution in [0.4, 0.5) is 0 Å². The fourth-order valence-corrected chi connectivity index (χ4v) is 10.8. The lowest BCUT2D eigenvalue weighted by atomic mass is 9.91. The molecule has 0 aromatic heterocycles. The van der Waals surface area contributed by atoms with Gasteiger partial charge in [0.1, 0.15) is 6.04 Å². The van der Waals surface area contributed by atoms with Crippen molar-refractivity contribution in [2.45, 2.75) is 289 Å². The van der Waals surface area contributed by atoms with Crippen LogP contribution >= 0.6 is 0 Å². The van der Waals surface area contributed by atoms with Gasteiger partial charge < -0.3 is 46.1 Å². The van der Waals surface area contributed by atoms with Gasteiger partial charge in [0, 0.05) is 97.8 Å². The summed E-state index contributed by atoms with van der Waals surface area (Å²) in [6.45, 7) is 32.4. The molecular weight excluding hydrogens is 1140 g/mol. The van der Waals surface area contributed by atoms with E-state index in [0.29, 0.717) is 46.1 Å². The van der Waals surface area contributed by atoms with Crippen molar-refractivity contribution in [2.75, 3.05) is 72.3 Å². The van der Waals surface area contributed by atoms with Crippen LogP contribution in [-0.2, 0) is 52.6 Å². The third kappa shape index (κ3) is 41.9. The highest BCUT2D eigenvalue weighted by Crippen LogP contribution is 2.25. The molecule has 0 saturated heterocycles. The molecule has 0 bridgehead atoms. The minimum absolute atomic E-state index is 0.0136. The number of amides is 8. The monoisotopic (exact) mass is 1270 g/mol. The summed E-state index contributed by atoms with van der Waals surface area (Å²) in [7, 11) is 0. The Morgan fingerprint density at radius 1 is 0.444 bits per heavy atom. The Labute approximate surface area is 547 Å². The smallest absolute Gasteiger partial charge is 0.253 e. The van der Waals surface area contributed by atoms with Crippen LogP contribution in [0.2, 0.25) is 0 Å². The number of nitrogens with one attached hydrogen (secondary N) is 6. The van der Waals surface area contributed by atoms with Crippen molar-refractivity contribution in [1.82, 2.24) is 36.8 Å². The Morgan fingerprint density at radius 2 is 0.800 bits per heavy atom. The van der Waals surface area contributed by atoms with Crippen molar-refractivity contribution in [3.05, 3.63) is 12.2 Å². The molecule has 0 aromatic carbocycles. The predicted octanol–water partition coefficient (Wildman–Crippen LogP) is 12.4. The fourth-order valence-electron chi connectivity index (χ4n) is 10.8. The largest absolute Gasteiger partial charge is 0.380 e. The Hall–Kier alpha value is -4.42. The molecule has 4 unspecified atom stereocenters. The number of hydrogen-bond acceptors (Lipinski definition) is 11. The van der Waals surface area contributed by atoms with E-state index < -0.39 is 46.6 Å². The number of unbranched alkanes of at least 4 members (excludes halogenated alkanes) is 16. The second-order valence-electron chi connectivity index (χ2n) is 29.6. The molecule has 90 heavy (non-hydrogen) atoms. The molecule has 0 radical (unpaired) electrons. The second-order valence-corrected chi connectivity index (χ2v) is 29.6. The summed E-state index contributed by atoms with van der Waals surface area (Å²) in [5.74, 6) is -2.13. The van der Waals surface area contributed by atoms with Crippen molar-refractivity contribution in [2.24, 2.45) is 39.4 Å². The van der Waals surface area contributed by atoms with Gasteiger partial charge in [-0.1, -0.05) is 218 Å². The number of rotatable bonds is 57. The summed E-state index contributed by atoms with van der Waals surface area (Å²) in [5, 5.41) is 18.3. The lowest BCUT2D eigenvalue weighted by Gasteiger charge is -2.30. The molecule has 5 atom stereocenters. The maximum absolute atomic E-state index is 14.1. The molecule has 18 nitrogen and oxygen atoms in total. The predicted molar refractivity (Wildman–Crippen MR) is 363 cm³/mol. The zero-order valence-electron chi connectivity index (χ0n) is 59.6. The number of ether oxygens (including phenoxy) is 3. The number of nitrogens with zero attached hydrogens (tertiary/aromatic N) is 1. The third-order valence-electron chi connectivity index (χ3n) is 16.9. The van der Waals surface area contributed by atoms with Gasteiger partial charge in [-0.15, -0.1) is 0 Å². The van der Waals surface area contributed by atoms with E-state index in [9.17, 15) is 38.4 Å². The van der Waals surface area contributed by atoms with Crippen molar-refractivity contribution in [3.8, 4) is 0 Å². The molecule has 6 N–H and O–H groups in total. The van der Waals surface area contributed by atoms with Crippen molar-refractivity contribution in [3.63, 3.8) is 0 Å². The van der Waals surface area contributed by atoms with Crippen LogP contribution in [0.5, 0.6) is 0 Å². The summed E-state index contributed by atoms with van der Waals surface area (Å²) >= 11 is 0. The lowest BCUT2D eigenvalue weighted by Crippen LogP contribution is -2.50. The van der Waals surface area contributed by atoms with Gasteiger partial charge in [-0.05, 0) is 44.9 Å². The molecule has 1 heterocycles. The summed E-state index contributed by atoms with van der Waals surface area (Å²) in [6.07, 6.45) is 29.0. The Morgan fingerprint density at radius 3 is 1.21 bits per heavy atom. The van der Waals surface area contributed by atoms with Gasteiger partial charge >= 0.3 is 0 Å². The van der Waals surface area contributed by atoms with Gasteiger partial charge in [-0.3, -0.25) is 43.3 Å². The fraction of sp³-hybridized carbons (Fsp3) is 0.861. The third-order valence-corrected chi connectivity index (χ3v) is 16.9. The highest BCUT2D eigenvalue weighted by atomic mass is 16.5. The van der Waals surface area contributed by atoms with E-state index in [-0.39, 0.29) is 104 Å². The van der Waals surface area contributed by atoms with Gasteiger partial charge in [-0.2, -0.15) is 0 Å². The molecule has 0 aromatic rings. The number of carbonyl (C=O) groups excluding carboxylic acids is 8. The summed E-state index contributed by atoms with van der Waals surface area (Å²) < 4.78 is 18.6. The van der Waals surface area contributed by atoms with E-state index in [0.717, 1.165) is 75.5 Å². The van der Waals surface area contributed by atoms with E-state index in [1.54, 1.807) is 6.92 Å². The van der Waals surface area contributed by atoms with Gasteiger partial charge in [0.15, 0.2) is 0 Å². The first kappa shape index (κ1) is 83.6. The van der Waals surface area contributed by atoms with Gasteiger partial charge in [-0.25, -0.2) is 0 Å². The van der Waals surface area contributed by atoms with Crippen LogP contribution in [0, 0.1) is 39.4 Å². The van der Waals surface area contributed by atoms with E-state index in [1.807, 2.05) is 34.6 Å². The molecular formula is C72H133N7O11. The van der Waals surface area contributed by atoms with E-state index in [4.69, 9.17) is 14.2 Å². The molecule has 0 aliphatic carbocycles. The van der Waals surface area contributed by atoms with Gasteiger partial charge in [0.2, 0.25) is 35.4 Å². The Balaban J connectivity index is 2.93.